The molecule has 0 fully saturated rings. The van der Waals surface area contributed by atoms with Crippen molar-refractivity contribution in [3.63, 3.8) is 0 Å². The number of hydrogen-bond donors (Lipinski definition) is 1. The fourth-order valence-corrected chi connectivity index (χ4v) is 0.940. The quantitative estimate of drug-likeness (QED) is 0.799. The fourth-order valence-electron chi connectivity index (χ4n) is 0.940. The highest BCUT2D eigenvalue weighted by atomic mass is 16.3. The van der Waals surface area contributed by atoms with Crippen LogP contribution >= 0.6 is 0 Å². The van der Waals surface area contributed by atoms with Crippen LogP contribution in [0, 0.1) is 0 Å². The van der Waals surface area contributed by atoms with Gasteiger partial charge < -0.3 is 13.9 Å². The van der Waals surface area contributed by atoms with E-state index in [2.05, 4.69) is 8.83 Å². The van der Waals surface area contributed by atoms with Gasteiger partial charge in [0.25, 0.3) is 0 Å². The molecule has 1 N–H and O–H groups in total. The lowest BCUT2D eigenvalue weighted by Gasteiger charge is -1.85. The molecular formula is C11H10O5. The third kappa shape index (κ3) is 3.21. The largest absolute Gasteiger partial charge is 0.462 e. The van der Waals surface area contributed by atoms with Gasteiger partial charge in [0.1, 0.15) is 0 Å². The molecule has 0 aliphatic carbocycles. The van der Waals surface area contributed by atoms with Gasteiger partial charge in [0.05, 0.1) is 19.1 Å². The molecule has 0 unspecified atom stereocenters. The molecule has 0 aliphatic rings. The van der Waals surface area contributed by atoms with E-state index < -0.39 is 0 Å². The van der Waals surface area contributed by atoms with E-state index in [-0.39, 0.29) is 12.4 Å². The van der Waals surface area contributed by atoms with Crippen LogP contribution < -0.4 is 0 Å². The SMILES string of the molecule is O=Cc1ccco1.O=Cc1occc1CO. The molecule has 0 aliphatic heterocycles. The van der Waals surface area contributed by atoms with Gasteiger partial charge in [-0.1, -0.05) is 0 Å². The Morgan fingerprint density at radius 1 is 1.12 bits per heavy atom. The molecule has 0 saturated heterocycles. The molecule has 0 aromatic carbocycles. The van der Waals surface area contributed by atoms with Gasteiger partial charge in [-0.25, -0.2) is 0 Å². The Kier molecular flexibility index (Phi) is 4.75. The molecular weight excluding hydrogens is 212 g/mol. The van der Waals surface area contributed by atoms with Gasteiger partial charge in [-0.15, -0.1) is 0 Å². The van der Waals surface area contributed by atoms with Crippen molar-refractivity contribution in [1.29, 1.82) is 0 Å². The van der Waals surface area contributed by atoms with E-state index in [4.69, 9.17) is 5.11 Å². The number of aliphatic hydroxyl groups is 1. The summed E-state index contributed by atoms with van der Waals surface area (Å²) in [5, 5.41) is 8.52. The first-order valence-electron chi connectivity index (χ1n) is 4.43. The molecule has 0 radical (unpaired) electrons. The summed E-state index contributed by atoms with van der Waals surface area (Å²) in [6, 6.07) is 4.83. The molecule has 5 nitrogen and oxygen atoms in total. The number of carbonyl (C=O) groups is 2. The van der Waals surface area contributed by atoms with Crippen LogP contribution in [0.3, 0.4) is 0 Å². The number of rotatable bonds is 3. The minimum absolute atomic E-state index is 0.148. The molecule has 2 aromatic rings. The van der Waals surface area contributed by atoms with Gasteiger partial charge in [-0.2, -0.15) is 0 Å². The number of aliphatic hydroxyl groups excluding tert-OH is 1. The monoisotopic (exact) mass is 222 g/mol. The summed E-state index contributed by atoms with van der Waals surface area (Å²) in [5.41, 5.74) is 0.532. The smallest absolute Gasteiger partial charge is 0.185 e. The fraction of sp³-hybridized carbons (Fsp3) is 0.0909. The molecule has 0 amide bonds. The average molecular weight is 222 g/mol. The molecule has 0 atom stereocenters. The van der Waals surface area contributed by atoms with Gasteiger partial charge in [0.15, 0.2) is 24.1 Å². The lowest BCUT2D eigenvalue weighted by molar-refractivity contribution is 0.109. The highest BCUT2D eigenvalue weighted by Gasteiger charge is 2.00. The van der Waals surface area contributed by atoms with Crippen LogP contribution in [0.15, 0.2) is 39.6 Å². The predicted octanol–water partition coefficient (Wildman–Crippen LogP) is 1.68. The molecule has 5 heteroatoms. The second-order valence-electron chi connectivity index (χ2n) is 2.72. The van der Waals surface area contributed by atoms with Crippen molar-refractivity contribution >= 4 is 12.6 Å². The molecule has 0 bridgehead atoms. The normalized spacial score (nSPS) is 9.06. The summed E-state index contributed by atoms with van der Waals surface area (Å²) in [5.74, 6) is 0.581. The predicted molar refractivity (Wildman–Crippen MR) is 54.1 cm³/mol. The number of aldehydes is 2. The van der Waals surface area contributed by atoms with Gasteiger partial charge in [-0.05, 0) is 18.2 Å². The second kappa shape index (κ2) is 6.36. The van der Waals surface area contributed by atoms with E-state index in [1.807, 2.05) is 0 Å². The van der Waals surface area contributed by atoms with Crippen LogP contribution in [0.25, 0.3) is 0 Å². The second-order valence-corrected chi connectivity index (χ2v) is 2.72. The van der Waals surface area contributed by atoms with E-state index in [1.165, 1.54) is 12.5 Å². The standard InChI is InChI=1S/C6H6O3.C5H4O2/c7-3-5-1-2-9-6(5)4-8;6-4-5-2-1-3-7-5/h1-2,4,7H,3H2;1-4H. The molecule has 16 heavy (non-hydrogen) atoms. The van der Waals surface area contributed by atoms with Crippen molar-refractivity contribution < 1.29 is 23.5 Å². The van der Waals surface area contributed by atoms with Crippen LogP contribution in [0.1, 0.15) is 26.7 Å². The van der Waals surface area contributed by atoms with E-state index in [0.29, 0.717) is 23.9 Å². The van der Waals surface area contributed by atoms with E-state index in [9.17, 15) is 9.59 Å². The van der Waals surface area contributed by atoms with Crippen molar-refractivity contribution in [2.75, 3.05) is 0 Å². The zero-order chi connectivity index (χ0) is 11.8. The maximum Gasteiger partial charge on any atom is 0.185 e. The zero-order valence-electron chi connectivity index (χ0n) is 8.33. The van der Waals surface area contributed by atoms with Crippen LogP contribution in [0.4, 0.5) is 0 Å². The summed E-state index contributed by atoms with van der Waals surface area (Å²) in [6.07, 6.45) is 4.07. The third-order valence-electron chi connectivity index (χ3n) is 1.72. The Hall–Kier alpha value is -2.14. The van der Waals surface area contributed by atoms with E-state index in [0.717, 1.165) is 0 Å². The van der Waals surface area contributed by atoms with Gasteiger partial charge in [-0.3, -0.25) is 9.59 Å². The Morgan fingerprint density at radius 2 is 1.94 bits per heavy atom. The van der Waals surface area contributed by atoms with Gasteiger partial charge >= 0.3 is 0 Å². The molecule has 0 spiro atoms. The minimum atomic E-state index is -0.148. The first kappa shape index (κ1) is 11.9. The van der Waals surface area contributed by atoms with E-state index >= 15 is 0 Å². The maximum atomic E-state index is 10.0. The Bertz CT molecular complexity index is 427. The van der Waals surface area contributed by atoms with Crippen molar-refractivity contribution in [2.45, 2.75) is 6.61 Å². The highest BCUT2D eigenvalue weighted by molar-refractivity contribution is 5.72. The highest BCUT2D eigenvalue weighted by Crippen LogP contribution is 2.06. The van der Waals surface area contributed by atoms with Gasteiger partial charge in [0.2, 0.25) is 0 Å². The third-order valence-corrected chi connectivity index (χ3v) is 1.72. The van der Waals surface area contributed by atoms with Crippen molar-refractivity contribution in [1.82, 2.24) is 0 Å². The van der Waals surface area contributed by atoms with Gasteiger partial charge in [0, 0.05) is 5.56 Å². The van der Waals surface area contributed by atoms with Crippen molar-refractivity contribution in [3.8, 4) is 0 Å². The number of carbonyl (C=O) groups excluding carboxylic acids is 2. The number of hydrogen-bond acceptors (Lipinski definition) is 5. The summed E-state index contributed by atoms with van der Waals surface area (Å²) in [4.78, 5) is 19.8. The van der Waals surface area contributed by atoms with Crippen LogP contribution in [-0.2, 0) is 6.61 Å². The van der Waals surface area contributed by atoms with Crippen molar-refractivity contribution in [2.24, 2.45) is 0 Å². The minimum Gasteiger partial charge on any atom is -0.462 e. The summed E-state index contributed by atoms with van der Waals surface area (Å²) < 4.78 is 9.29. The molecule has 2 heterocycles. The maximum absolute atomic E-state index is 10.0. The molecule has 2 aromatic heterocycles. The van der Waals surface area contributed by atoms with Crippen LogP contribution in [-0.4, -0.2) is 17.7 Å². The molecule has 2 rings (SSSR count). The number of furan rings is 2. The summed E-state index contributed by atoms with van der Waals surface area (Å²) in [7, 11) is 0. The average Bonchev–Trinajstić information content (AvgIpc) is 3.00. The molecule has 84 valence electrons. The summed E-state index contributed by atoms with van der Waals surface area (Å²) >= 11 is 0. The lowest BCUT2D eigenvalue weighted by Crippen LogP contribution is -1.84. The Balaban J connectivity index is 0.000000165. The lowest BCUT2D eigenvalue weighted by atomic mass is 10.3. The zero-order valence-corrected chi connectivity index (χ0v) is 8.33. The van der Waals surface area contributed by atoms with Crippen LogP contribution in [0.2, 0.25) is 0 Å². The first-order valence-corrected chi connectivity index (χ1v) is 4.43. The topological polar surface area (TPSA) is 80.7 Å². The Labute approximate surface area is 91.3 Å². The summed E-state index contributed by atoms with van der Waals surface area (Å²) in [6.45, 7) is -0.148. The van der Waals surface area contributed by atoms with E-state index in [1.54, 1.807) is 18.2 Å². The first-order chi connectivity index (χ1) is 7.81. The molecule has 0 saturated carbocycles. The Morgan fingerprint density at radius 3 is 2.31 bits per heavy atom. The van der Waals surface area contributed by atoms with Crippen molar-refractivity contribution in [3.05, 3.63) is 47.8 Å². The van der Waals surface area contributed by atoms with Crippen LogP contribution in [0.5, 0.6) is 0 Å².